The van der Waals surface area contributed by atoms with Crippen molar-refractivity contribution in [3.63, 3.8) is 0 Å². The number of anilines is 2. The van der Waals surface area contributed by atoms with Crippen molar-refractivity contribution in [1.82, 2.24) is 14.9 Å². The van der Waals surface area contributed by atoms with E-state index < -0.39 is 29.7 Å². The van der Waals surface area contributed by atoms with Crippen molar-refractivity contribution in [1.29, 1.82) is 0 Å². The van der Waals surface area contributed by atoms with Crippen LogP contribution in [0.2, 0.25) is 0 Å². The molecule has 1 unspecified atom stereocenters. The van der Waals surface area contributed by atoms with Gasteiger partial charge in [0, 0.05) is 38.6 Å². The number of fused-ring (bicyclic) bond motifs is 1. The zero-order valence-corrected chi connectivity index (χ0v) is 15.3. The molecule has 0 radical (unpaired) electrons. The Bertz CT molecular complexity index is 859. The Morgan fingerprint density at radius 1 is 1.03 bits per heavy atom. The first kappa shape index (κ1) is 19.6. The Kier molecular flexibility index (Phi) is 5.17. The van der Waals surface area contributed by atoms with Crippen molar-refractivity contribution in [2.24, 2.45) is 0 Å². The number of nitrogens with zero attached hydrogens (tertiary/aromatic N) is 5. The van der Waals surface area contributed by atoms with E-state index in [2.05, 4.69) is 9.97 Å². The smallest absolute Gasteiger partial charge is 0.422 e. The summed E-state index contributed by atoms with van der Waals surface area (Å²) in [6.45, 7) is 2.11. The van der Waals surface area contributed by atoms with Gasteiger partial charge in [0.1, 0.15) is 18.0 Å². The maximum atomic E-state index is 13.9. The van der Waals surface area contributed by atoms with Crippen molar-refractivity contribution in [3.05, 3.63) is 42.0 Å². The molecule has 1 aromatic carbocycles. The normalized spacial score (nSPS) is 18.9. The number of hydrogen-bond donors (Lipinski definition) is 1. The molecule has 1 aromatic heterocycles. The van der Waals surface area contributed by atoms with Crippen molar-refractivity contribution in [2.75, 3.05) is 49.1 Å². The summed E-state index contributed by atoms with van der Waals surface area (Å²) in [5.74, 6) is -1.40. The van der Waals surface area contributed by atoms with Crippen molar-refractivity contribution >= 4 is 11.6 Å². The number of alkyl halides is 3. The van der Waals surface area contributed by atoms with Gasteiger partial charge in [-0.05, 0) is 18.2 Å². The standard InChI is InChI=1S/C18H19F4N5O2/c19-12-2-3-13-15(14(12)18(20,21)22)29-11-10-27(13)17(28)26-8-6-25(7-9-26)16-23-4-1-5-24-16/h1-5,17,28H,6-11H2. The molecule has 0 spiro atoms. The first-order chi connectivity index (χ1) is 13.9. The third-order valence-corrected chi connectivity index (χ3v) is 5.01. The Balaban J connectivity index is 1.52. The van der Waals surface area contributed by atoms with E-state index in [1.54, 1.807) is 23.4 Å². The third kappa shape index (κ3) is 3.79. The van der Waals surface area contributed by atoms with Gasteiger partial charge in [0.25, 0.3) is 0 Å². The number of piperazine rings is 1. The lowest BCUT2D eigenvalue weighted by molar-refractivity contribution is -0.141. The van der Waals surface area contributed by atoms with E-state index in [0.717, 1.165) is 6.07 Å². The fourth-order valence-corrected chi connectivity index (χ4v) is 3.59. The Hall–Kier alpha value is -2.66. The predicted octanol–water partition coefficient (Wildman–Crippen LogP) is 1.93. The number of aliphatic hydroxyl groups is 1. The number of halogens is 4. The van der Waals surface area contributed by atoms with Crippen molar-refractivity contribution < 1.29 is 27.4 Å². The van der Waals surface area contributed by atoms with Crippen LogP contribution >= 0.6 is 0 Å². The van der Waals surface area contributed by atoms with Crippen LogP contribution in [0.1, 0.15) is 5.56 Å². The maximum Gasteiger partial charge on any atom is 0.422 e. The van der Waals surface area contributed by atoms with E-state index in [4.69, 9.17) is 4.74 Å². The van der Waals surface area contributed by atoms with E-state index in [0.29, 0.717) is 32.1 Å². The zero-order valence-electron chi connectivity index (χ0n) is 15.3. The first-order valence-corrected chi connectivity index (χ1v) is 9.09. The highest BCUT2D eigenvalue weighted by Gasteiger charge is 2.42. The van der Waals surface area contributed by atoms with Gasteiger partial charge in [0.2, 0.25) is 5.95 Å². The molecular weight excluding hydrogens is 394 g/mol. The second-order valence-corrected chi connectivity index (χ2v) is 6.73. The van der Waals surface area contributed by atoms with Gasteiger partial charge in [-0.3, -0.25) is 4.90 Å². The third-order valence-electron chi connectivity index (χ3n) is 5.01. The monoisotopic (exact) mass is 413 g/mol. The molecule has 0 saturated carbocycles. The highest BCUT2D eigenvalue weighted by Crippen LogP contribution is 2.45. The molecule has 0 amide bonds. The van der Waals surface area contributed by atoms with Gasteiger partial charge in [-0.1, -0.05) is 0 Å². The maximum absolute atomic E-state index is 13.9. The lowest BCUT2D eigenvalue weighted by Crippen LogP contribution is -2.57. The zero-order chi connectivity index (χ0) is 20.6. The molecule has 0 bridgehead atoms. The predicted molar refractivity (Wildman–Crippen MR) is 96.1 cm³/mol. The fraction of sp³-hybridized carbons (Fsp3) is 0.444. The molecule has 1 saturated heterocycles. The largest absolute Gasteiger partial charge is 0.489 e. The lowest BCUT2D eigenvalue weighted by Gasteiger charge is -2.43. The quantitative estimate of drug-likeness (QED) is 0.772. The summed E-state index contributed by atoms with van der Waals surface area (Å²) in [5.41, 5.74) is -1.43. The van der Waals surface area contributed by atoms with Gasteiger partial charge in [0.15, 0.2) is 12.1 Å². The number of hydrogen-bond acceptors (Lipinski definition) is 7. The number of aromatic nitrogens is 2. The second kappa shape index (κ2) is 7.64. The van der Waals surface area contributed by atoms with Gasteiger partial charge in [-0.25, -0.2) is 14.4 Å². The summed E-state index contributed by atoms with van der Waals surface area (Å²) in [6, 6.07) is 3.68. The molecule has 11 heteroatoms. The van der Waals surface area contributed by atoms with Crippen LogP contribution < -0.4 is 14.5 Å². The summed E-state index contributed by atoms with van der Waals surface area (Å²) in [7, 11) is 0. The molecule has 29 heavy (non-hydrogen) atoms. The van der Waals surface area contributed by atoms with Crippen molar-refractivity contribution in [3.8, 4) is 5.75 Å². The first-order valence-electron chi connectivity index (χ1n) is 9.09. The van der Waals surface area contributed by atoms with Crippen LogP contribution in [0.5, 0.6) is 5.75 Å². The summed E-state index contributed by atoms with van der Waals surface area (Å²) in [4.78, 5) is 13.5. The fourth-order valence-electron chi connectivity index (χ4n) is 3.59. The lowest BCUT2D eigenvalue weighted by atomic mass is 10.1. The van der Waals surface area contributed by atoms with Gasteiger partial charge >= 0.3 is 6.18 Å². The van der Waals surface area contributed by atoms with E-state index in [9.17, 15) is 22.7 Å². The highest BCUT2D eigenvalue weighted by molar-refractivity contribution is 5.64. The van der Waals surface area contributed by atoms with Crippen molar-refractivity contribution in [2.45, 2.75) is 12.5 Å². The van der Waals surface area contributed by atoms with Crippen LogP contribution in [0.4, 0.5) is 29.2 Å². The van der Waals surface area contributed by atoms with Gasteiger partial charge < -0.3 is 19.6 Å². The number of benzene rings is 1. The highest BCUT2D eigenvalue weighted by atomic mass is 19.4. The summed E-state index contributed by atoms with van der Waals surface area (Å²) < 4.78 is 58.9. The minimum Gasteiger partial charge on any atom is -0.489 e. The number of ether oxygens (including phenoxy) is 1. The van der Waals surface area contributed by atoms with Crippen LogP contribution in [0.3, 0.4) is 0 Å². The van der Waals surface area contributed by atoms with Crippen LogP contribution in [-0.4, -0.2) is 65.7 Å². The second-order valence-electron chi connectivity index (χ2n) is 6.73. The molecule has 1 N–H and O–H groups in total. The van der Waals surface area contributed by atoms with Gasteiger partial charge in [0.05, 0.1) is 12.2 Å². The molecule has 4 rings (SSSR count). The number of rotatable bonds is 3. The summed E-state index contributed by atoms with van der Waals surface area (Å²) in [5, 5.41) is 10.8. The average molecular weight is 413 g/mol. The average Bonchev–Trinajstić information content (AvgIpc) is 2.72. The molecule has 1 fully saturated rings. The molecular formula is C18H19F4N5O2. The molecule has 2 aromatic rings. The van der Waals surface area contributed by atoms with Crippen LogP contribution in [0.25, 0.3) is 0 Å². The molecule has 0 aliphatic carbocycles. The Labute approximate surface area is 164 Å². The summed E-state index contributed by atoms with van der Waals surface area (Å²) in [6.07, 6.45) is -2.77. The molecule has 3 heterocycles. The molecule has 7 nitrogen and oxygen atoms in total. The Morgan fingerprint density at radius 2 is 1.72 bits per heavy atom. The van der Waals surface area contributed by atoms with E-state index in [-0.39, 0.29) is 18.8 Å². The van der Waals surface area contributed by atoms with Gasteiger partial charge in [-0.2, -0.15) is 13.2 Å². The number of aliphatic hydroxyl groups excluding tert-OH is 1. The molecule has 1 atom stereocenters. The van der Waals surface area contributed by atoms with E-state index >= 15 is 0 Å². The molecule has 2 aliphatic heterocycles. The molecule has 156 valence electrons. The SMILES string of the molecule is OC(N1CCN(c2ncccn2)CC1)N1CCOc2c1ccc(F)c2C(F)(F)F. The molecule has 2 aliphatic rings. The van der Waals surface area contributed by atoms with E-state index in [1.807, 2.05) is 4.90 Å². The van der Waals surface area contributed by atoms with Gasteiger partial charge in [-0.15, -0.1) is 0 Å². The minimum atomic E-state index is -4.90. The Morgan fingerprint density at radius 3 is 2.38 bits per heavy atom. The summed E-state index contributed by atoms with van der Waals surface area (Å²) >= 11 is 0. The minimum absolute atomic E-state index is 0.0197. The topological polar surface area (TPSA) is 65.0 Å². The van der Waals surface area contributed by atoms with Crippen LogP contribution in [0.15, 0.2) is 30.6 Å². The van der Waals surface area contributed by atoms with E-state index in [1.165, 1.54) is 11.0 Å². The van der Waals surface area contributed by atoms with Crippen LogP contribution in [0, 0.1) is 5.82 Å². The van der Waals surface area contributed by atoms with Crippen LogP contribution in [-0.2, 0) is 6.18 Å².